The highest BCUT2D eigenvalue weighted by Crippen LogP contribution is 2.20. The predicted molar refractivity (Wildman–Crippen MR) is 54.3 cm³/mol. The van der Waals surface area contributed by atoms with E-state index >= 15 is 0 Å². The third kappa shape index (κ3) is 1.26. The fraction of sp³-hybridized carbons (Fsp3) is 0. The molecule has 0 saturated carbocycles. The standard InChI is InChI=1S/C6H3BrIN3/c7-3-1-9-2-4-5(3)11-6(8)10-4/h1-2H,(H,10,11). The molecule has 0 aromatic carbocycles. The Labute approximate surface area is 84.9 Å². The van der Waals surface area contributed by atoms with E-state index in [1.807, 2.05) is 0 Å². The lowest BCUT2D eigenvalue weighted by Crippen LogP contribution is -1.74. The van der Waals surface area contributed by atoms with Crippen LogP contribution in [0.4, 0.5) is 0 Å². The Morgan fingerprint density at radius 3 is 3.00 bits per heavy atom. The van der Waals surface area contributed by atoms with Crippen LogP contribution in [0.25, 0.3) is 11.0 Å². The van der Waals surface area contributed by atoms with Gasteiger partial charge < -0.3 is 4.98 Å². The molecule has 0 radical (unpaired) electrons. The van der Waals surface area contributed by atoms with Gasteiger partial charge in [-0.3, -0.25) is 4.98 Å². The highest BCUT2D eigenvalue weighted by molar-refractivity contribution is 14.1. The molecule has 11 heavy (non-hydrogen) atoms. The number of rotatable bonds is 0. The molecule has 2 heterocycles. The fourth-order valence-electron chi connectivity index (χ4n) is 0.871. The van der Waals surface area contributed by atoms with Gasteiger partial charge in [0.15, 0.2) is 3.83 Å². The van der Waals surface area contributed by atoms with Crippen molar-refractivity contribution in [1.82, 2.24) is 15.0 Å². The Hall–Kier alpha value is -0.170. The first-order valence-electron chi connectivity index (χ1n) is 2.92. The minimum Gasteiger partial charge on any atom is -0.332 e. The zero-order valence-electron chi connectivity index (χ0n) is 5.31. The summed E-state index contributed by atoms with van der Waals surface area (Å²) in [4.78, 5) is 11.3. The molecule has 1 N–H and O–H groups in total. The summed E-state index contributed by atoms with van der Waals surface area (Å²) in [6.45, 7) is 0. The summed E-state index contributed by atoms with van der Waals surface area (Å²) >= 11 is 5.50. The van der Waals surface area contributed by atoms with Crippen LogP contribution < -0.4 is 0 Å². The molecule has 2 aromatic heterocycles. The van der Waals surface area contributed by atoms with Crippen LogP contribution in [0.1, 0.15) is 0 Å². The molecule has 0 bridgehead atoms. The Balaban J connectivity index is 2.90. The van der Waals surface area contributed by atoms with Crippen LogP contribution in [0.2, 0.25) is 0 Å². The summed E-state index contributed by atoms with van der Waals surface area (Å²) in [6, 6.07) is 0. The van der Waals surface area contributed by atoms with E-state index in [9.17, 15) is 0 Å². The van der Waals surface area contributed by atoms with Crippen molar-refractivity contribution in [3.63, 3.8) is 0 Å². The van der Waals surface area contributed by atoms with Crippen LogP contribution in [-0.4, -0.2) is 15.0 Å². The van der Waals surface area contributed by atoms with Gasteiger partial charge in [-0.25, -0.2) is 4.98 Å². The van der Waals surface area contributed by atoms with Crippen molar-refractivity contribution < 1.29 is 0 Å². The summed E-state index contributed by atoms with van der Waals surface area (Å²) in [5.41, 5.74) is 1.90. The van der Waals surface area contributed by atoms with E-state index in [1.165, 1.54) is 0 Å². The van der Waals surface area contributed by atoms with Crippen molar-refractivity contribution in [2.45, 2.75) is 0 Å². The molecule has 0 fully saturated rings. The first-order chi connectivity index (χ1) is 5.27. The Bertz CT molecular complexity index is 398. The second kappa shape index (κ2) is 2.71. The highest BCUT2D eigenvalue weighted by atomic mass is 127. The van der Waals surface area contributed by atoms with Crippen molar-refractivity contribution in [3.8, 4) is 0 Å². The van der Waals surface area contributed by atoms with Gasteiger partial charge in [0.1, 0.15) is 5.52 Å². The lowest BCUT2D eigenvalue weighted by Gasteiger charge is -1.87. The molecule has 2 aromatic rings. The zero-order chi connectivity index (χ0) is 7.84. The fourth-order valence-corrected chi connectivity index (χ4v) is 1.82. The summed E-state index contributed by atoms with van der Waals surface area (Å²) < 4.78 is 1.81. The molecule has 0 atom stereocenters. The number of nitrogens with one attached hydrogen (secondary N) is 1. The molecule has 5 heteroatoms. The van der Waals surface area contributed by atoms with Gasteiger partial charge in [-0.15, -0.1) is 0 Å². The van der Waals surface area contributed by atoms with Gasteiger partial charge in [0.05, 0.1) is 16.2 Å². The normalized spacial score (nSPS) is 10.7. The number of pyridine rings is 1. The Morgan fingerprint density at radius 2 is 2.27 bits per heavy atom. The number of hydrogen-bond donors (Lipinski definition) is 1. The minimum atomic E-state index is 0.881. The average Bonchev–Trinajstić information content (AvgIpc) is 2.31. The van der Waals surface area contributed by atoms with Crippen LogP contribution in [0.15, 0.2) is 16.9 Å². The second-order valence-electron chi connectivity index (χ2n) is 2.05. The largest absolute Gasteiger partial charge is 0.332 e. The van der Waals surface area contributed by atoms with Crippen LogP contribution in [0.3, 0.4) is 0 Å². The number of nitrogens with zero attached hydrogens (tertiary/aromatic N) is 2. The molecule has 0 unspecified atom stereocenters. The number of aromatic amines is 1. The number of imidazole rings is 1. The first-order valence-corrected chi connectivity index (χ1v) is 4.79. The average molecular weight is 324 g/mol. The third-order valence-corrected chi connectivity index (χ3v) is 2.41. The maximum atomic E-state index is 4.26. The molecule has 0 aliphatic heterocycles. The predicted octanol–water partition coefficient (Wildman–Crippen LogP) is 2.32. The van der Waals surface area contributed by atoms with E-state index in [2.05, 4.69) is 53.5 Å². The van der Waals surface area contributed by atoms with Gasteiger partial charge in [0.25, 0.3) is 0 Å². The highest BCUT2D eigenvalue weighted by Gasteiger charge is 2.02. The van der Waals surface area contributed by atoms with E-state index in [0.29, 0.717) is 0 Å². The molecule has 3 nitrogen and oxygen atoms in total. The molecule has 0 aliphatic carbocycles. The molecule has 56 valence electrons. The van der Waals surface area contributed by atoms with Crippen LogP contribution in [0.5, 0.6) is 0 Å². The number of aromatic nitrogens is 3. The Kier molecular flexibility index (Phi) is 1.84. The number of H-pyrrole nitrogens is 1. The van der Waals surface area contributed by atoms with Crippen LogP contribution >= 0.6 is 38.5 Å². The number of fused-ring (bicyclic) bond motifs is 1. The molecule has 0 saturated heterocycles. The van der Waals surface area contributed by atoms with Gasteiger partial charge in [-0.1, -0.05) is 0 Å². The second-order valence-corrected chi connectivity index (χ2v) is 3.92. The lowest BCUT2D eigenvalue weighted by molar-refractivity contribution is 1.26. The maximum absolute atomic E-state index is 4.26. The van der Waals surface area contributed by atoms with Crippen molar-refractivity contribution in [2.75, 3.05) is 0 Å². The number of hydrogen-bond acceptors (Lipinski definition) is 2. The summed E-state index contributed by atoms with van der Waals surface area (Å²) in [7, 11) is 0. The van der Waals surface area contributed by atoms with Crippen LogP contribution in [-0.2, 0) is 0 Å². The van der Waals surface area contributed by atoms with E-state index in [0.717, 1.165) is 19.3 Å². The minimum absolute atomic E-state index is 0.881. The van der Waals surface area contributed by atoms with Gasteiger partial charge in [0.2, 0.25) is 0 Å². The maximum Gasteiger partial charge on any atom is 0.169 e. The SMILES string of the molecule is Brc1cncc2[nH]c(I)nc12. The summed E-state index contributed by atoms with van der Waals surface area (Å²) in [5.74, 6) is 0. The zero-order valence-corrected chi connectivity index (χ0v) is 9.05. The molecule has 0 spiro atoms. The van der Waals surface area contributed by atoms with Crippen molar-refractivity contribution >= 4 is 49.6 Å². The topological polar surface area (TPSA) is 41.6 Å². The lowest BCUT2D eigenvalue weighted by atomic mass is 10.4. The van der Waals surface area contributed by atoms with E-state index < -0.39 is 0 Å². The molecule has 0 aliphatic rings. The van der Waals surface area contributed by atoms with Gasteiger partial charge in [0, 0.05) is 6.20 Å². The van der Waals surface area contributed by atoms with Crippen molar-refractivity contribution in [1.29, 1.82) is 0 Å². The first kappa shape index (κ1) is 7.48. The molecule has 2 rings (SSSR count). The summed E-state index contributed by atoms with van der Waals surface area (Å²) in [5, 5.41) is 0. The third-order valence-electron chi connectivity index (χ3n) is 1.32. The van der Waals surface area contributed by atoms with E-state index in [-0.39, 0.29) is 0 Å². The van der Waals surface area contributed by atoms with E-state index in [1.54, 1.807) is 12.4 Å². The van der Waals surface area contributed by atoms with Gasteiger partial charge >= 0.3 is 0 Å². The van der Waals surface area contributed by atoms with Crippen LogP contribution in [0, 0.1) is 3.83 Å². The number of halogens is 2. The smallest absolute Gasteiger partial charge is 0.169 e. The monoisotopic (exact) mass is 323 g/mol. The van der Waals surface area contributed by atoms with Crippen molar-refractivity contribution in [3.05, 3.63) is 20.7 Å². The van der Waals surface area contributed by atoms with Gasteiger partial charge in [-0.05, 0) is 38.5 Å². The summed E-state index contributed by atoms with van der Waals surface area (Å²) in [6.07, 6.45) is 3.49. The molecule has 0 amide bonds. The van der Waals surface area contributed by atoms with Gasteiger partial charge in [-0.2, -0.15) is 0 Å². The molecular weight excluding hydrogens is 321 g/mol. The molecular formula is C6H3BrIN3. The quantitative estimate of drug-likeness (QED) is 0.756. The Morgan fingerprint density at radius 1 is 1.45 bits per heavy atom. The van der Waals surface area contributed by atoms with Crippen molar-refractivity contribution in [2.24, 2.45) is 0 Å². The van der Waals surface area contributed by atoms with E-state index in [4.69, 9.17) is 0 Å².